The van der Waals surface area contributed by atoms with Crippen LogP contribution < -0.4 is 0 Å². The highest BCUT2D eigenvalue weighted by Crippen LogP contribution is 2.28. The van der Waals surface area contributed by atoms with Crippen LogP contribution in [-0.2, 0) is 4.79 Å². The Morgan fingerprint density at radius 2 is 1.95 bits per heavy atom. The van der Waals surface area contributed by atoms with Crippen molar-refractivity contribution in [3.8, 4) is 5.75 Å². The lowest BCUT2D eigenvalue weighted by atomic mass is 10.1. The van der Waals surface area contributed by atoms with Gasteiger partial charge >= 0.3 is 0 Å². The Bertz CT molecular complexity index is 448. The van der Waals surface area contributed by atoms with Crippen molar-refractivity contribution in [1.29, 1.82) is 0 Å². The Labute approximate surface area is 114 Å². The maximum Gasteiger partial charge on any atom is 0.219 e. The van der Waals surface area contributed by atoms with Crippen molar-refractivity contribution in [2.75, 3.05) is 26.2 Å². The Balaban J connectivity index is 2.06. The molecule has 1 N–H and O–H groups in total. The van der Waals surface area contributed by atoms with Crippen LogP contribution in [0, 0.1) is 0 Å². The van der Waals surface area contributed by atoms with Gasteiger partial charge in [0, 0.05) is 44.7 Å². The lowest BCUT2D eigenvalue weighted by Gasteiger charge is -2.28. The molecule has 1 aliphatic rings. The Morgan fingerprint density at radius 3 is 2.63 bits per heavy atom. The molecule has 1 amide bonds. The van der Waals surface area contributed by atoms with Crippen LogP contribution >= 0.6 is 0 Å². The number of phenolic OH excluding ortho intramolecular Hbond substituents is 1. The second-order valence-electron chi connectivity index (χ2n) is 5.13. The fourth-order valence-corrected chi connectivity index (χ4v) is 2.68. The van der Waals surface area contributed by atoms with Gasteiger partial charge in [0.05, 0.1) is 0 Å². The van der Waals surface area contributed by atoms with Crippen molar-refractivity contribution in [2.24, 2.45) is 0 Å². The van der Waals surface area contributed by atoms with Gasteiger partial charge in [-0.25, -0.2) is 0 Å². The van der Waals surface area contributed by atoms with Crippen LogP contribution in [0.5, 0.6) is 5.75 Å². The number of amides is 1. The molecule has 104 valence electrons. The van der Waals surface area contributed by atoms with Gasteiger partial charge < -0.3 is 10.0 Å². The standard InChI is InChI=1S/C15H22N2O2/c1-12(14-6-3-4-7-15(14)19)16-8-5-9-17(11-10-16)13(2)18/h3-4,6-7,12,19H,5,8-11H2,1-2H3. The third kappa shape index (κ3) is 3.26. The van der Waals surface area contributed by atoms with Crippen LogP contribution in [0.2, 0.25) is 0 Å². The highest BCUT2D eigenvalue weighted by molar-refractivity contribution is 5.73. The van der Waals surface area contributed by atoms with Gasteiger partial charge in [-0.05, 0) is 19.4 Å². The molecule has 0 aliphatic carbocycles. The predicted octanol–water partition coefficient (Wildman–Crippen LogP) is 2.01. The van der Waals surface area contributed by atoms with Gasteiger partial charge in [0.2, 0.25) is 5.91 Å². The first-order chi connectivity index (χ1) is 9.09. The van der Waals surface area contributed by atoms with Gasteiger partial charge in [-0.3, -0.25) is 9.69 Å². The SMILES string of the molecule is CC(=O)N1CCCN(C(C)c2ccccc2O)CC1. The number of hydrogen-bond acceptors (Lipinski definition) is 3. The highest BCUT2D eigenvalue weighted by Gasteiger charge is 2.22. The third-order valence-corrected chi connectivity index (χ3v) is 3.91. The summed E-state index contributed by atoms with van der Waals surface area (Å²) in [7, 11) is 0. The lowest BCUT2D eigenvalue weighted by molar-refractivity contribution is -0.128. The summed E-state index contributed by atoms with van der Waals surface area (Å²) in [5, 5.41) is 9.93. The normalized spacial score (nSPS) is 18.9. The minimum absolute atomic E-state index is 0.150. The van der Waals surface area contributed by atoms with E-state index in [9.17, 15) is 9.90 Å². The van der Waals surface area contributed by atoms with Crippen molar-refractivity contribution < 1.29 is 9.90 Å². The molecule has 0 radical (unpaired) electrons. The van der Waals surface area contributed by atoms with E-state index < -0.39 is 0 Å². The van der Waals surface area contributed by atoms with Crippen molar-refractivity contribution in [3.63, 3.8) is 0 Å². The van der Waals surface area contributed by atoms with Crippen LogP contribution in [0.15, 0.2) is 24.3 Å². The number of carbonyl (C=O) groups excluding carboxylic acids is 1. The Morgan fingerprint density at radius 1 is 1.21 bits per heavy atom. The van der Waals surface area contributed by atoms with E-state index in [0.717, 1.165) is 38.2 Å². The number of benzene rings is 1. The average Bonchev–Trinajstić information content (AvgIpc) is 2.64. The van der Waals surface area contributed by atoms with E-state index in [2.05, 4.69) is 11.8 Å². The average molecular weight is 262 g/mol. The summed E-state index contributed by atoms with van der Waals surface area (Å²) in [4.78, 5) is 15.7. The number of nitrogens with zero attached hydrogens (tertiary/aromatic N) is 2. The van der Waals surface area contributed by atoms with Crippen LogP contribution in [0.1, 0.15) is 31.9 Å². The molecule has 1 aromatic rings. The number of para-hydroxylation sites is 1. The van der Waals surface area contributed by atoms with Gasteiger partial charge in [0.25, 0.3) is 0 Å². The summed E-state index contributed by atoms with van der Waals surface area (Å²) in [6.45, 7) is 7.15. The number of rotatable bonds is 2. The molecule has 1 fully saturated rings. The molecule has 1 atom stereocenters. The van der Waals surface area contributed by atoms with Crippen molar-refractivity contribution in [3.05, 3.63) is 29.8 Å². The first kappa shape index (κ1) is 13.9. The molecule has 1 unspecified atom stereocenters. The summed E-state index contributed by atoms with van der Waals surface area (Å²) < 4.78 is 0. The van der Waals surface area contributed by atoms with Crippen LogP contribution in [0.3, 0.4) is 0 Å². The number of phenols is 1. The topological polar surface area (TPSA) is 43.8 Å². The summed E-state index contributed by atoms with van der Waals surface area (Å²) in [5.41, 5.74) is 0.957. The monoisotopic (exact) mass is 262 g/mol. The molecule has 1 aromatic carbocycles. The molecule has 1 saturated heterocycles. The molecule has 1 heterocycles. The van der Waals surface area contributed by atoms with Gasteiger partial charge in [0.1, 0.15) is 5.75 Å². The second-order valence-corrected chi connectivity index (χ2v) is 5.13. The predicted molar refractivity (Wildman–Crippen MR) is 75.0 cm³/mol. The maximum atomic E-state index is 11.4. The minimum Gasteiger partial charge on any atom is -0.508 e. The smallest absolute Gasteiger partial charge is 0.219 e. The lowest BCUT2D eigenvalue weighted by Crippen LogP contribution is -2.34. The van der Waals surface area contributed by atoms with Gasteiger partial charge in [0.15, 0.2) is 0 Å². The molecular formula is C15H22N2O2. The number of aromatic hydroxyl groups is 1. The second kappa shape index (κ2) is 6.06. The number of hydrogen-bond donors (Lipinski definition) is 1. The first-order valence-corrected chi connectivity index (χ1v) is 6.87. The van der Waals surface area contributed by atoms with E-state index in [4.69, 9.17) is 0 Å². The molecule has 0 aromatic heterocycles. The van der Waals surface area contributed by atoms with Crippen LogP contribution in [-0.4, -0.2) is 47.0 Å². The molecule has 4 heteroatoms. The van der Waals surface area contributed by atoms with E-state index in [1.54, 1.807) is 13.0 Å². The largest absolute Gasteiger partial charge is 0.508 e. The van der Waals surface area contributed by atoms with E-state index >= 15 is 0 Å². The van der Waals surface area contributed by atoms with Gasteiger partial charge in [-0.2, -0.15) is 0 Å². The Hall–Kier alpha value is -1.55. The quantitative estimate of drug-likeness (QED) is 0.886. The molecule has 1 aliphatic heterocycles. The van der Waals surface area contributed by atoms with Crippen LogP contribution in [0.25, 0.3) is 0 Å². The van der Waals surface area contributed by atoms with Crippen molar-refractivity contribution in [2.45, 2.75) is 26.3 Å². The summed E-state index contributed by atoms with van der Waals surface area (Å²) in [6, 6.07) is 7.66. The summed E-state index contributed by atoms with van der Waals surface area (Å²) in [5.74, 6) is 0.500. The van der Waals surface area contributed by atoms with E-state index in [0.29, 0.717) is 5.75 Å². The Kier molecular flexibility index (Phi) is 4.43. The summed E-state index contributed by atoms with van der Waals surface area (Å²) >= 11 is 0. The van der Waals surface area contributed by atoms with E-state index in [1.807, 2.05) is 23.1 Å². The molecule has 0 bridgehead atoms. The molecule has 19 heavy (non-hydrogen) atoms. The molecule has 2 rings (SSSR count). The fraction of sp³-hybridized carbons (Fsp3) is 0.533. The fourth-order valence-electron chi connectivity index (χ4n) is 2.68. The molecule has 0 spiro atoms. The minimum atomic E-state index is 0.150. The van der Waals surface area contributed by atoms with E-state index in [1.165, 1.54) is 0 Å². The zero-order valence-electron chi connectivity index (χ0n) is 11.7. The zero-order chi connectivity index (χ0) is 13.8. The molecule has 4 nitrogen and oxygen atoms in total. The molecular weight excluding hydrogens is 240 g/mol. The zero-order valence-corrected chi connectivity index (χ0v) is 11.7. The van der Waals surface area contributed by atoms with Crippen molar-refractivity contribution >= 4 is 5.91 Å². The maximum absolute atomic E-state index is 11.4. The first-order valence-electron chi connectivity index (χ1n) is 6.87. The van der Waals surface area contributed by atoms with Gasteiger partial charge in [-0.1, -0.05) is 18.2 Å². The molecule has 0 saturated carbocycles. The number of carbonyl (C=O) groups is 1. The van der Waals surface area contributed by atoms with E-state index in [-0.39, 0.29) is 11.9 Å². The van der Waals surface area contributed by atoms with Crippen LogP contribution in [0.4, 0.5) is 0 Å². The summed E-state index contributed by atoms with van der Waals surface area (Å²) in [6.07, 6.45) is 0.984. The third-order valence-electron chi connectivity index (χ3n) is 3.91. The van der Waals surface area contributed by atoms with Crippen molar-refractivity contribution in [1.82, 2.24) is 9.80 Å². The highest BCUT2D eigenvalue weighted by atomic mass is 16.3. The van der Waals surface area contributed by atoms with Gasteiger partial charge in [-0.15, -0.1) is 0 Å².